The van der Waals surface area contributed by atoms with Crippen molar-refractivity contribution in [2.24, 2.45) is 0 Å². The molecule has 4 heteroatoms. The Kier molecular flexibility index (Phi) is 12.5. The molecule has 0 amide bonds. The number of halogens is 2. The molecule has 192 valence electrons. The van der Waals surface area contributed by atoms with Gasteiger partial charge in [0.1, 0.15) is 0 Å². The van der Waals surface area contributed by atoms with Crippen molar-refractivity contribution in [3.8, 4) is 11.1 Å². The molecule has 0 atom stereocenters. The van der Waals surface area contributed by atoms with Crippen LogP contribution in [0.2, 0.25) is 0 Å². The molecule has 0 heterocycles. The van der Waals surface area contributed by atoms with E-state index in [-0.39, 0.29) is 58.6 Å². The predicted octanol–water partition coefficient (Wildman–Crippen LogP) is 3.80. The SMILES string of the molecule is CC(C)(C)P(c1cc2ccccc2[cH-]1)C(C)(C)C.Cc1cc2c(-c3ccccc3)cccc2[cH-]1.[Cl-].[Cl-].[Hf+4]. The van der Waals surface area contributed by atoms with Crippen LogP contribution in [0.4, 0.5) is 0 Å². The van der Waals surface area contributed by atoms with Crippen LogP contribution in [0.25, 0.3) is 32.7 Å². The predicted molar refractivity (Wildman–Crippen MR) is 155 cm³/mol. The Hall–Kier alpha value is -1.24. The van der Waals surface area contributed by atoms with Crippen LogP contribution in [0.3, 0.4) is 0 Å². The third kappa shape index (κ3) is 8.13. The topological polar surface area (TPSA) is 0 Å². The molecule has 0 aliphatic heterocycles. The molecular weight excluding hydrogens is 677 g/mol. The summed E-state index contributed by atoms with van der Waals surface area (Å²) < 4.78 is 0. The second-order valence-electron chi connectivity index (χ2n) is 11.2. The molecule has 0 saturated heterocycles. The number of benzene rings is 3. The van der Waals surface area contributed by atoms with Gasteiger partial charge in [-0.1, -0.05) is 104 Å². The van der Waals surface area contributed by atoms with Gasteiger partial charge in [0.15, 0.2) is 0 Å². The van der Waals surface area contributed by atoms with Gasteiger partial charge in [-0.3, -0.25) is 0 Å². The zero-order chi connectivity index (χ0) is 24.5. The molecule has 0 N–H and O–H groups in total. The molecule has 37 heavy (non-hydrogen) atoms. The molecule has 5 rings (SSSR count). The third-order valence-corrected chi connectivity index (χ3v) is 9.64. The molecule has 0 saturated carbocycles. The second kappa shape index (κ2) is 13.7. The van der Waals surface area contributed by atoms with Gasteiger partial charge in [0.2, 0.25) is 0 Å². The van der Waals surface area contributed by atoms with Gasteiger partial charge in [0.25, 0.3) is 0 Å². The molecular formula is C33H37Cl2HfP. The Morgan fingerprint density at radius 3 is 1.78 bits per heavy atom. The van der Waals surface area contributed by atoms with Crippen molar-refractivity contribution in [2.75, 3.05) is 0 Å². The largest absolute Gasteiger partial charge is 4.00 e. The van der Waals surface area contributed by atoms with Crippen LogP contribution in [0.1, 0.15) is 47.1 Å². The molecule has 5 aromatic carbocycles. The summed E-state index contributed by atoms with van der Waals surface area (Å²) in [4.78, 5) is 0. The van der Waals surface area contributed by atoms with Gasteiger partial charge in [0, 0.05) is 0 Å². The van der Waals surface area contributed by atoms with E-state index in [0.717, 1.165) is 0 Å². The fraction of sp³-hybridized carbons (Fsp3) is 0.273. The van der Waals surface area contributed by atoms with Gasteiger partial charge in [-0.05, 0) is 15.9 Å². The van der Waals surface area contributed by atoms with Crippen molar-refractivity contribution in [2.45, 2.75) is 58.8 Å². The van der Waals surface area contributed by atoms with Gasteiger partial charge in [-0.25, -0.2) is 0 Å². The van der Waals surface area contributed by atoms with E-state index >= 15 is 0 Å². The molecule has 0 nitrogen and oxygen atoms in total. The van der Waals surface area contributed by atoms with Crippen molar-refractivity contribution >= 4 is 34.8 Å². The minimum Gasteiger partial charge on any atom is -1.00 e. The zero-order valence-electron chi connectivity index (χ0n) is 22.9. The molecule has 0 aromatic heterocycles. The molecule has 0 unspecified atom stereocenters. The van der Waals surface area contributed by atoms with Gasteiger partial charge in [-0.15, -0.1) is 74.9 Å². The van der Waals surface area contributed by atoms with Crippen LogP contribution in [-0.2, 0) is 25.8 Å². The molecule has 0 spiro atoms. The van der Waals surface area contributed by atoms with Crippen LogP contribution in [0, 0.1) is 6.92 Å². The molecule has 0 radical (unpaired) electrons. The molecule has 0 fully saturated rings. The second-order valence-corrected chi connectivity index (χ2v) is 15.1. The van der Waals surface area contributed by atoms with E-state index in [1.807, 2.05) is 0 Å². The fourth-order valence-electron chi connectivity index (χ4n) is 5.30. The number of hydrogen-bond donors (Lipinski definition) is 0. The summed E-state index contributed by atoms with van der Waals surface area (Å²) in [5, 5.41) is 7.69. The average molecular weight is 714 g/mol. The molecule has 0 aliphatic rings. The van der Waals surface area contributed by atoms with Gasteiger partial charge >= 0.3 is 25.8 Å². The first-order valence-electron chi connectivity index (χ1n) is 12.2. The summed E-state index contributed by atoms with van der Waals surface area (Å²) in [5.74, 6) is 0. The van der Waals surface area contributed by atoms with Crippen LogP contribution in [-0.4, -0.2) is 10.3 Å². The first-order chi connectivity index (χ1) is 16.0. The fourth-order valence-corrected chi connectivity index (χ4v) is 9.40. The Balaban J connectivity index is 0.000000344. The van der Waals surface area contributed by atoms with E-state index in [0.29, 0.717) is 10.3 Å². The van der Waals surface area contributed by atoms with Crippen LogP contribution < -0.4 is 30.1 Å². The normalized spacial score (nSPS) is 11.2. The number of fused-ring (bicyclic) bond motifs is 2. The Morgan fingerprint density at radius 2 is 1.19 bits per heavy atom. The quantitative estimate of drug-likeness (QED) is 0.149. The monoisotopic (exact) mass is 714 g/mol. The summed E-state index contributed by atoms with van der Waals surface area (Å²) in [6, 6.07) is 35.0. The summed E-state index contributed by atoms with van der Waals surface area (Å²) >= 11 is 0. The Bertz CT molecular complexity index is 1340. The van der Waals surface area contributed by atoms with Gasteiger partial charge in [-0.2, -0.15) is 12.1 Å². The van der Waals surface area contributed by atoms with E-state index in [1.165, 1.54) is 38.2 Å². The third-order valence-electron chi connectivity index (χ3n) is 6.18. The van der Waals surface area contributed by atoms with Crippen molar-refractivity contribution in [1.82, 2.24) is 0 Å². The Labute approximate surface area is 256 Å². The van der Waals surface area contributed by atoms with Crippen molar-refractivity contribution in [3.63, 3.8) is 0 Å². The van der Waals surface area contributed by atoms with Crippen LogP contribution >= 0.6 is 7.92 Å². The molecule has 0 aliphatic carbocycles. The molecule has 5 aromatic rings. The van der Waals surface area contributed by atoms with E-state index in [9.17, 15) is 0 Å². The van der Waals surface area contributed by atoms with Gasteiger partial charge in [0.05, 0.1) is 0 Å². The number of hydrogen-bond acceptors (Lipinski definition) is 0. The summed E-state index contributed by atoms with van der Waals surface area (Å²) in [5.41, 5.74) is 3.95. The number of rotatable bonds is 2. The van der Waals surface area contributed by atoms with E-state index in [2.05, 4.69) is 146 Å². The van der Waals surface area contributed by atoms with Crippen molar-refractivity contribution in [3.05, 3.63) is 103 Å². The van der Waals surface area contributed by atoms with Crippen LogP contribution in [0.15, 0.2) is 97.1 Å². The van der Waals surface area contributed by atoms with E-state index in [4.69, 9.17) is 0 Å². The maximum absolute atomic E-state index is 2.40. The zero-order valence-corrected chi connectivity index (χ0v) is 28.9. The minimum absolute atomic E-state index is 0. The van der Waals surface area contributed by atoms with E-state index < -0.39 is 0 Å². The molecule has 0 bridgehead atoms. The minimum atomic E-state index is -0.185. The number of aryl methyl sites for hydroxylation is 1. The van der Waals surface area contributed by atoms with E-state index in [1.54, 1.807) is 5.30 Å². The summed E-state index contributed by atoms with van der Waals surface area (Å²) in [7, 11) is -0.185. The first-order valence-corrected chi connectivity index (χ1v) is 13.6. The summed E-state index contributed by atoms with van der Waals surface area (Å²) in [6.07, 6.45) is 0. The Morgan fingerprint density at radius 1 is 0.622 bits per heavy atom. The van der Waals surface area contributed by atoms with Gasteiger partial charge < -0.3 is 24.8 Å². The standard InChI is InChI=1S/C17H24P.C16H13.2ClH.Hf/c1-16(2,3)18(17(4,5)6)15-11-13-9-7-8-10-14(13)12-15;1-12-10-14-8-5-9-15(16(14)11-12)13-6-3-2-4-7-13;;;/h7-12H,1-6H3;2-11H,1H3;2*1H;/q2*-1;;;+4/p-2. The van der Waals surface area contributed by atoms with Crippen molar-refractivity contribution < 1.29 is 50.7 Å². The van der Waals surface area contributed by atoms with Crippen molar-refractivity contribution in [1.29, 1.82) is 0 Å². The summed E-state index contributed by atoms with van der Waals surface area (Å²) in [6.45, 7) is 16.4. The first kappa shape index (κ1) is 33.8. The van der Waals surface area contributed by atoms with Crippen LogP contribution in [0.5, 0.6) is 0 Å². The maximum atomic E-state index is 2.40. The maximum Gasteiger partial charge on any atom is 4.00 e. The smallest absolute Gasteiger partial charge is 1.00 e. The average Bonchev–Trinajstić information content (AvgIpc) is 3.34.